The topological polar surface area (TPSA) is 99.9 Å². The number of fused-ring (bicyclic) bond motifs is 3. The summed E-state index contributed by atoms with van der Waals surface area (Å²) >= 11 is 0. The van der Waals surface area contributed by atoms with Crippen molar-refractivity contribution in [3.8, 4) is 11.4 Å². The number of aromatic nitrogens is 7. The lowest BCUT2D eigenvalue weighted by molar-refractivity contribution is 0.586. The van der Waals surface area contributed by atoms with E-state index in [0.29, 0.717) is 0 Å². The monoisotopic (exact) mass is 321 g/mol. The summed E-state index contributed by atoms with van der Waals surface area (Å²) in [7, 11) is 0. The van der Waals surface area contributed by atoms with Gasteiger partial charge in [-0.1, -0.05) is 0 Å². The number of nitrogens with one attached hydrogen (secondary N) is 2. The lowest BCUT2D eigenvalue weighted by Crippen LogP contribution is -2.44. The molecular formula is C15H15N9. The maximum absolute atomic E-state index is 4.85. The van der Waals surface area contributed by atoms with E-state index in [-0.39, 0.29) is 0 Å². The summed E-state index contributed by atoms with van der Waals surface area (Å²) < 4.78 is 1.99. The Kier molecular flexibility index (Phi) is 2.92. The number of hydrogen-bond donors (Lipinski definition) is 2. The third kappa shape index (κ3) is 2.02. The van der Waals surface area contributed by atoms with E-state index in [0.717, 1.165) is 60.1 Å². The van der Waals surface area contributed by atoms with Crippen LogP contribution in [0.3, 0.4) is 0 Å². The SMILES string of the molecule is c1n[nH]c(-c2ccc3nc(N4CCNCC4)c4nncn4c3c2)n1. The van der Waals surface area contributed by atoms with Gasteiger partial charge < -0.3 is 10.2 Å². The minimum Gasteiger partial charge on any atom is -0.351 e. The maximum Gasteiger partial charge on any atom is 0.204 e. The molecule has 1 aromatic carbocycles. The molecule has 120 valence electrons. The van der Waals surface area contributed by atoms with Gasteiger partial charge in [-0.15, -0.1) is 10.2 Å². The van der Waals surface area contributed by atoms with Crippen LogP contribution in [0.2, 0.25) is 0 Å². The molecule has 4 aromatic rings. The summed E-state index contributed by atoms with van der Waals surface area (Å²) in [6.07, 6.45) is 3.23. The molecule has 0 radical (unpaired) electrons. The highest BCUT2D eigenvalue weighted by molar-refractivity contribution is 5.86. The van der Waals surface area contributed by atoms with E-state index < -0.39 is 0 Å². The number of hydrogen-bond acceptors (Lipinski definition) is 7. The summed E-state index contributed by atoms with van der Waals surface area (Å²) in [6, 6.07) is 6.02. The molecule has 3 aromatic heterocycles. The zero-order valence-corrected chi connectivity index (χ0v) is 12.8. The van der Waals surface area contributed by atoms with E-state index in [1.54, 1.807) is 6.33 Å². The van der Waals surface area contributed by atoms with Crippen molar-refractivity contribution in [2.24, 2.45) is 0 Å². The van der Waals surface area contributed by atoms with Crippen LogP contribution in [0.15, 0.2) is 30.9 Å². The Balaban J connectivity index is 1.72. The van der Waals surface area contributed by atoms with E-state index in [4.69, 9.17) is 4.98 Å². The fourth-order valence-electron chi connectivity index (χ4n) is 3.12. The molecule has 0 atom stereocenters. The van der Waals surface area contributed by atoms with Gasteiger partial charge in [-0.2, -0.15) is 5.10 Å². The molecule has 2 N–H and O–H groups in total. The number of rotatable bonds is 2. The van der Waals surface area contributed by atoms with Crippen LogP contribution in [0.4, 0.5) is 5.82 Å². The summed E-state index contributed by atoms with van der Waals surface area (Å²) in [4.78, 5) is 11.3. The number of aromatic amines is 1. The lowest BCUT2D eigenvalue weighted by atomic mass is 10.2. The highest BCUT2D eigenvalue weighted by atomic mass is 15.3. The summed E-state index contributed by atoms with van der Waals surface area (Å²) in [5, 5.41) is 18.5. The molecule has 0 aliphatic carbocycles. The standard InChI is InChI=1S/C15H15N9/c1-2-11-12(7-10(1)13-17-8-18-21-13)24-9-19-22-15(24)14(20-11)23-5-3-16-4-6-23/h1-2,7-9,16H,3-6H2,(H,17,18,21). The van der Waals surface area contributed by atoms with E-state index in [1.807, 2.05) is 22.6 Å². The minimum absolute atomic E-state index is 0.726. The van der Waals surface area contributed by atoms with E-state index in [2.05, 4.69) is 35.6 Å². The highest BCUT2D eigenvalue weighted by Gasteiger charge is 2.18. The van der Waals surface area contributed by atoms with E-state index in [9.17, 15) is 0 Å². The zero-order valence-electron chi connectivity index (χ0n) is 12.8. The minimum atomic E-state index is 0.726. The summed E-state index contributed by atoms with van der Waals surface area (Å²) in [5.74, 6) is 1.61. The van der Waals surface area contributed by atoms with Gasteiger partial charge in [0.1, 0.15) is 12.7 Å². The predicted molar refractivity (Wildman–Crippen MR) is 88.7 cm³/mol. The Morgan fingerprint density at radius 2 is 2.04 bits per heavy atom. The lowest BCUT2D eigenvalue weighted by Gasteiger charge is -2.28. The molecule has 4 heterocycles. The first-order chi connectivity index (χ1) is 11.9. The van der Waals surface area contributed by atoms with Crippen LogP contribution in [0.1, 0.15) is 0 Å². The predicted octanol–water partition coefficient (Wildman–Crippen LogP) is 0.472. The maximum atomic E-state index is 4.85. The van der Waals surface area contributed by atoms with Crippen LogP contribution in [0, 0.1) is 0 Å². The molecule has 0 unspecified atom stereocenters. The third-order valence-corrected chi connectivity index (χ3v) is 4.31. The summed E-state index contributed by atoms with van der Waals surface area (Å²) in [5.41, 5.74) is 3.58. The molecule has 0 amide bonds. The van der Waals surface area contributed by atoms with Crippen molar-refractivity contribution in [2.75, 3.05) is 31.1 Å². The largest absolute Gasteiger partial charge is 0.351 e. The fourth-order valence-corrected chi connectivity index (χ4v) is 3.12. The van der Waals surface area contributed by atoms with Crippen molar-refractivity contribution in [2.45, 2.75) is 0 Å². The Morgan fingerprint density at radius 3 is 2.88 bits per heavy atom. The van der Waals surface area contributed by atoms with Gasteiger partial charge in [-0.05, 0) is 18.2 Å². The smallest absolute Gasteiger partial charge is 0.204 e. The number of piperazine rings is 1. The summed E-state index contributed by atoms with van der Waals surface area (Å²) in [6.45, 7) is 3.73. The molecule has 0 bridgehead atoms. The van der Waals surface area contributed by atoms with Gasteiger partial charge in [0.25, 0.3) is 0 Å². The van der Waals surface area contributed by atoms with Crippen molar-refractivity contribution in [3.05, 3.63) is 30.9 Å². The molecule has 0 spiro atoms. The van der Waals surface area contributed by atoms with Crippen molar-refractivity contribution in [1.29, 1.82) is 0 Å². The van der Waals surface area contributed by atoms with Gasteiger partial charge >= 0.3 is 0 Å². The molecule has 5 rings (SSSR count). The molecular weight excluding hydrogens is 306 g/mol. The van der Waals surface area contributed by atoms with Crippen LogP contribution in [0.5, 0.6) is 0 Å². The van der Waals surface area contributed by atoms with Gasteiger partial charge in [0, 0.05) is 31.7 Å². The Hall–Kier alpha value is -3.07. The first kappa shape index (κ1) is 13.4. The second-order valence-corrected chi connectivity index (χ2v) is 5.73. The fraction of sp³-hybridized carbons (Fsp3) is 0.267. The molecule has 1 aliphatic rings. The quantitative estimate of drug-likeness (QED) is 0.553. The van der Waals surface area contributed by atoms with Crippen LogP contribution >= 0.6 is 0 Å². The number of anilines is 1. The normalized spacial score (nSPS) is 15.4. The van der Waals surface area contributed by atoms with Crippen molar-refractivity contribution in [3.63, 3.8) is 0 Å². The van der Waals surface area contributed by atoms with Gasteiger partial charge in [-0.3, -0.25) is 9.50 Å². The molecule has 9 heteroatoms. The highest BCUT2D eigenvalue weighted by Crippen LogP contribution is 2.26. The van der Waals surface area contributed by atoms with Crippen molar-refractivity contribution in [1.82, 2.24) is 40.1 Å². The van der Waals surface area contributed by atoms with Crippen LogP contribution < -0.4 is 10.2 Å². The average molecular weight is 321 g/mol. The molecule has 24 heavy (non-hydrogen) atoms. The van der Waals surface area contributed by atoms with Gasteiger partial charge in [-0.25, -0.2) is 9.97 Å². The van der Waals surface area contributed by atoms with Crippen molar-refractivity contribution >= 4 is 22.5 Å². The van der Waals surface area contributed by atoms with Crippen LogP contribution in [-0.4, -0.2) is 60.9 Å². The zero-order chi connectivity index (χ0) is 15.9. The van der Waals surface area contributed by atoms with Gasteiger partial charge in [0.15, 0.2) is 11.6 Å². The van der Waals surface area contributed by atoms with Crippen LogP contribution in [-0.2, 0) is 0 Å². The van der Waals surface area contributed by atoms with E-state index in [1.165, 1.54) is 6.33 Å². The average Bonchev–Trinajstić information content (AvgIpc) is 3.33. The molecule has 1 aliphatic heterocycles. The Labute approximate surface area is 136 Å². The third-order valence-electron chi connectivity index (χ3n) is 4.31. The first-order valence-electron chi connectivity index (χ1n) is 7.85. The molecule has 1 saturated heterocycles. The second-order valence-electron chi connectivity index (χ2n) is 5.73. The number of benzene rings is 1. The van der Waals surface area contributed by atoms with Gasteiger partial charge in [0.05, 0.1) is 11.0 Å². The Bertz CT molecular complexity index is 999. The molecule has 1 fully saturated rings. The van der Waals surface area contributed by atoms with Gasteiger partial charge in [0.2, 0.25) is 5.65 Å². The number of nitrogens with zero attached hydrogens (tertiary/aromatic N) is 7. The second kappa shape index (κ2) is 5.24. The Morgan fingerprint density at radius 1 is 1.12 bits per heavy atom. The van der Waals surface area contributed by atoms with Crippen molar-refractivity contribution < 1.29 is 0 Å². The molecule has 0 saturated carbocycles. The molecule has 9 nitrogen and oxygen atoms in total. The number of H-pyrrole nitrogens is 1. The first-order valence-corrected chi connectivity index (χ1v) is 7.85. The van der Waals surface area contributed by atoms with Crippen LogP contribution in [0.25, 0.3) is 28.1 Å². The van der Waals surface area contributed by atoms with E-state index >= 15 is 0 Å².